The van der Waals surface area contributed by atoms with E-state index in [1.54, 1.807) is 7.11 Å². The predicted molar refractivity (Wildman–Crippen MR) is 109 cm³/mol. The van der Waals surface area contributed by atoms with Crippen LogP contribution in [0.2, 0.25) is 0 Å². The molecule has 0 radical (unpaired) electrons. The molecule has 4 rings (SSSR count). The molecule has 134 valence electrons. The molecule has 0 aliphatic heterocycles. The highest BCUT2D eigenvalue weighted by Crippen LogP contribution is 2.38. The number of methoxy groups -OCH3 is 1. The van der Waals surface area contributed by atoms with Gasteiger partial charge in [-0.1, -0.05) is 44.4 Å². The maximum Gasteiger partial charge on any atom is 0.119 e. The molecule has 0 aliphatic carbocycles. The van der Waals surface area contributed by atoms with Crippen molar-refractivity contribution in [3.8, 4) is 5.75 Å². The Morgan fingerprint density at radius 3 is 2.38 bits per heavy atom. The first kappa shape index (κ1) is 16.8. The fourth-order valence-electron chi connectivity index (χ4n) is 4.00. The number of para-hydroxylation sites is 1. The van der Waals surface area contributed by atoms with E-state index in [0.29, 0.717) is 5.92 Å². The molecule has 3 nitrogen and oxygen atoms in total. The SMILES string of the molecule is CCCCCC(c1c[nH]c2ccccc12)c1c[nH]c2ccc(OC)cc12. The van der Waals surface area contributed by atoms with E-state index in [1.165, 1.54) is 52.2 Å². The Bertz CT molecular complexity index is 1010. The Balaban J connectivity index is 1.83. The number of ether oxygens (including phenoxy) is 1. The highest BCUT2D eigenvalue weighted by Gasteiger charge is 2.21. The van der Waals surface area contributed by atoms with Gasteiger partial charge in [0.05, 0.1) is 7.11 Å². The summed E-state index contributed by atoms with van der Waals surface area (Å²) in [6.07, 6.45) is 9.27. The average Bonchev–Trinajstić information content (AvgIpc) is 3.29. The molecule has 0 bridgehead atoms. The van der Waals surface area contributed by atoms with Crippen molar-refractivity contribution in [1.82, 2.24) is 9.97 Å². The number of fused-ring (bicyclic) bond motifs is 2. The minimum absolute atomic E-state index is 0.374. The van der Waals surface area contributed by atoms with Crippen molar-refractivity contribution in [3.05, 3.63) is 66.0 Å². The van der Waals surface area contributed by atoms with E-state index in [9.17, 15) is 0 Å². The molecule has 0 amide bonds. The van der Waals surface area contributed by atoms with Crippen molar-refractivity contribution >= 4 is 21.8 Å². The fourth-order valence-corrected chi connectivity index (χ4v) is 4.00. The number of nitrogens with one attached hydrogen (secondary N) is 2. The summed E-state index contributed by atoms with van der Waals surface area (Å²) < 4.78 is 5.47. The number of hydrogen-bond donors (Lipinski definition) is 2. The smallest absolute Gasteiger partial charge is 0.119 e. The highest BCUT2D eigenvalue weighted by atomic mass is 16.5. The van der Waals surface area contributed by atoms with Gasteiger partial charge in [-0.15, -0.1) is 0 Å². The molecule has 2 aromatic heterocycles. The topological polar surface area (TPSA) is 40.8 Å². The summed E-state index contributed by atoms with van der Waals surface area (Å²) in [4.78, 5) is 6.91. The third-order valence-electron chi connectivity index (χ3n) is 5.39. The van der Waals surface area contributed by atoms with Crippen LogP contribution in [0.5, 0.6) is 5.75 Å². The average molecular weight is 346 g/mol. The Kier molecular flexibility index (Phi) is 4.70. The number of H-pyrrole nitrogens is 2. The quantitative estimate of drug-likeness (QED) is 0.375. The van der Waals surface area contributed by atoms with E-state index in [4.69, 9.17) is 4.74 Å². The molecule has 0 saturated carbocycles. The van der Waals surface area contributed by atoms with E-state index in [1.807, 2.05) is 6.07 Å². The lowest BCUT2D eigenvalue weighted by molar-refractivity contribution is 0.415. The van der Waals surface area contributed by atoms with E-state index < -0.39 is 0 Å². The second kappa shape index (κ2) is 7.28. The van der Waals surface area contributed by atoms with Gasteiger partial charge in [0.15, 0.2) is 0 Å². The number of unbranched alkanes of at least 4 members (excludes halogenated alkanes) is 2. The summed E-state index contributed by atoms with van der Waals surface area (Å²) in [6, 6.07) is 14.9. The zero-order chi connectivity index (χ0) is 17.9. The molecule has 2 heterocycles. The zero-order valence-corrected chi connectivity index (χ0v) is 15.5. The minimum Gasteiger partial charge on any atom is -0.497 e. The number of aromatic amines is 2. The first-order chi connectivity index (χ1) is 12.8. The van der Waals surface area contributed by atoms with Gasteiger partial charge in [0.2, 0.25) is 0 Å². The van der Waals surface area contributed by atoms with E-state index in [2.05, 4.69) is 65.7 Å². The van der Waals surface area contributed by atoms with Crippen LogP contribution in [0.4, 0.5) is 0 Å². The zero-order valence-electron chi connectivity index (χ0n) is 15.5. The maximum atomic E-state index is 5.47. The molecule has 2 aromatic carbocycles. The molecule has 0 fully saturated rings. The van der Waals surface area contributed by atoms with Gasteiger partial charge >= 0.3 is 0 Å². The Labute approximate surface area is 154 Å². The van der Waals surface area contributed by atoms with Gasteiger partial charge in [-0.3, -0.25) is 0 Å². The molecular weight excluding hydrogens is 320 g/mol. The summed E-state index contributed by atoms with van der Waals surface area (Å²) in [5.41, 5.74) is 5.13. The van der Waals surface area contributed by atoms with Crippen molar-refractivity contribution in [3.63, 3.8) is 0 Å². The third-order valence-corrected chi connectivity index (χ3v) is 5.39. The van der Waals surface area contributed by atoms with Crippen molar-refractivity contribution in [1.29, 1.82) is 0 Å². The van der Waals surface area contributed by atoms with Crippen LogP contribution in [0.3, 0.4) is 0 Å². The number of aromatic nitrogens is 2. The number of rotatable bonds is 7. The van der Waals surface area contributed by atoms with E-state index >= 15 is 0 Å². The summed E-state index contributed by atoms with van der Waals surface area (Å²) in [6.45, 7) is 2.26. The predicted octanol–water partition coefficient (Wildman–Crippen LogP) is 6.37. The van der Waals surface area contributed by atoms with Crippen molar-refractivity contribution in [2.75, 3.05) is 7.11 Å². The van der Waals surface area contributed by atoms with Gasteiger partial charge in [-0.05, 0) is 41.8 Å². The Hall–Kier alpha value is -2.68. The first-order valence-corrected chi connectivity index (χ1v) is 9.53. The van der Waals surface area contributed by atoms with Gasteiger partial charge in [-0.25, -0.2) is 0 Å². The minimum atomic E-state index is 0.374. The Morgan fingerprint density at radius 2 is 1.62 bits per heavy atom. The van der Waals surface area contributed by atoms with Gasteiger partial charge in [0, 0.05) is 40.1 Å². The first-order valence-electron chi connectivity index (χ1n) is 9.53. The van der Waals surface area contributed by atoms with E-state index in [-0.39, 0.29) is 0 Å². The second-order valence-electron chi connectivity index (χ2n) is 6.99. The molecule has 1 atom stereocenters. The van der Waals surface area contributed by atoms with Gasteiger partial charge in [0.1, 0.15) is 5.75 Å². The Morgan fingerprint density at radius 1 is 0.885 bits per heavy atom. The van der Waals surface area contributed by atoms with Crippen LogP contribution in [-0.2, 0) is 0 Å². The number of benzene rings is 2. The molecule has 26 heavy (non-hydrogen) atoms. The van der Waals surface area contributed by atoms with Crippen LogP contribution < -0.4 is 4.74 Å². The molecule has 1 unspecified atom stereocenters. The monoisotopic (exact) mass is 346 g/mol. The van der Waals surface area contributed by atoms with Crippen LogP contribution in [0.25, 0.3) is 21.8 Å². The molecular formula is C23H26N2O. The van der Waals surface area contributed by atoms with Crippen molar-refractivity contribution in [2.24, 2.45) is 0 Å². The van der Waals surface area contributed by atoms with Gasteiger partial charge in [0.25, 0.3) is 0 Å². The van der Waals surface area contributed by atoms with Gasteiger partial charge in [-0.2, -0.15) is 0 Å². The molecule has 4 aromatic rings. The lowest BCUT2D eigenvalue weighted by Crippen LogP contribution is -2.00. The maximum absolute atomic E-state index is 5.47. The van der Waals surface area contributed by atoms with Crippen LogP contribution >= 0.6 is 0 Å². The molecule has 2 N–H and O–H groups in total. The molecule has 0 spiro atoms. The highest BCUT2D eigenvalue weighted by molar-refractivity contribution is 5.88. The summed E-state index contributed by atoms with van der Waals surface area (Å²) >= 11 is 0. The summed E-state index contributed by atoms with van der Waals surface area (Å²) in [5.74, 6) is 1.28. The van der Waals surface area contributed by atoms with Crippen LogP contribution in [-0.4, -0.2) is 17.1 Å². The standard InChI is InChI=1S/C23H26N2O/c1-3-4-5-8-17(20-14-24-22-10-7-6-9-18(20)22)21-15-25-23-12-11-16(26-2)13-19(21)23/h6-7,9-15,17,24-25H,3-5,8H2,1-2H3. The lowest BCUT2D eigenvalue weighted by atomic mass is 9.86. The van der Waals surface area contributed by atoms with E-state index in [0.717, 1.165) is 12.2 Å². The molecule has 0 aliphatic rings. The van der Waals surface area contributed by atoms with Crippen LogP contribution in [0.15, 0.2) is 54.9 Å². The number of hydrogen-bond acceptors (Lipinski definition) is 1. The molecule has 3 heteroatoms. The molecule has 0 saturated heterocycles. The van der Waals surface area contributed by atoms with Crippen molar-refractivity contribution in [2.45, 2.75) is 38.5 Å². The largest absolute Gasteiger partial charge is 0.497 e. The lowest BCUT2D eigenvalue weighted by Gasteiger charge is -2.17. The third kappa shape index (κ3) is 2.98. The second-order valence-corrected chi connectivity index (χ2v) is 6.99. The van der Waals surface area contributed by atoms with Crippen LogP contribution in [0.1, 0.15) is 49.7 Å². The van der Waals surface area contributed by atoms with Crippen molar-refractivity contribution < 1.29 is 4.74 Å². The van der Waals surface area contributed by atoms with Crippen LogP contribution in [0, 0.1) is 0 Å². The normalized spacial score (nSPS) is 12.7. The fraction of sp³-hybridized carbons (Fsp3) is 0.304. The summed E-state index contributed by atoms with van der Waals surface area (Å²) in [7, 11) is 1.73. The summed E-state index contributed by atoms with van der Waals surface area (Å²) in [5, 5.41) is 2.59. The van der Waals surface area contributed by atoms with Gasteiger partial charge < -0.3 is 14.7 Å².